The number of fused-ring (bicyclic) bond motifs is 8. The van der Waals surface area contributed by atoms with Crippen LogP contribution in [-0.2, 0) is 0 Å². The lowest BCUT2D eigenvalue weighted by Gasteiger charge is -2.14. The van der Waals surface area contributed by atoms with Gasteiger partial charge in [-0.25, -0.2) is 0 Å². The zero-order chi connectivity index (χ0) is 31.6. The van der Waals surface area contributed by atoms with E-state index in [-0.39, 0.29) is 0 Å². The number of para-hydroxylation sites is 2. The van der Waals surface area contributed by atoms with Crippen molar-refractivity contribution in [1.82, 2.24) is 9.13 Å². The maximum absolute atomic E-state index is 2.47. The van der Waals surface area contributed by atoms with Crippen molar-refractivity contribution in [2.75, 3.05) is 0 Å². The molecule has 2 aromatic heterocycles. The van der Waals surface area contributed by atoms with E-state index in [1.54, 1.807) is 0 Å². The Morgan fingerprint density at radius 2 is 0.896 bits per heavy atom. The lowest BCUT2D eigenvalue weighted by Crippen LogP contribution is -1.96. The molecule has 0 amide bonds. The molecule has 0 spiro atoms. The number of benzene rings is 8. The molecule has 0 aliphatic heterocycles. The Balaban J connectivity index is 1.30. The molecule has 2 heterocycles. The molecule has 0 saturated carbocycles. The molecule has 0 N–H and O–H groups in total. The second-order valence-electron chi connectivity index (χ2n) is 12.6. The molecule has 2 heteroatoms. The first kappa shape index (κ1) is 26.8. The molecule has 0 aliphatic rings. The van der Waals surface area contributed by atoms with Crippen LogP contribution in [-0.4, -0.2) is 9.13 Å². The van der Waals surface area contributed by atoms with E-state index in [1.807, 2.05) is 0 Å². The van der Waals surface area contributed by atoms with Crippen molar-refractivity contribution in [3.8, 4) is 33.6 Å². The van der Waals surface area contributed by atoms with Crippen LogP contribution in [0.4, 0.5) is 0 Å². The summed E-state index contributed by atoms with van der Waals surface area (Å²) < 4.78 is 4.93. The maximum Gasteiger partial charge on any atom is 0.0641 e. The lowest BCUT2D eigenvalue weighted by molar-refractivity contribution is 1.18. The SMILES string of the molecule is c1ccc(-c2ccc(-n3c4ccccc4c4ccc5c(c6ccccc6n5-c5cc(-c6ccccc6)c6ccccc6c5)c43)cc2)cc1. The third-order valence-corrected chi connectivity index (χ3v) is 9.89. The van der Waals surface area contributed by atoms with Gasteiger partial charge in [-0.1, -0.05) is 140 Å². The molecular weight excluding hydrogens is 581 g/mol. The van der Waals surface area contributed by atoms with Gasteiger partial charge in [-0.3, -0.25) is 0 Å². The fourth-order valence-electron chi connectivity index (χ4n) is 7.77. The summed E-state index contributed by atoms with van der Waals surface area (Å²) in [6.07, 6.45) is 0. The molecule has 10 rings (SSSR count). The van der Waals surface area contributed by atoms with Crippen LogP contribution in [0.1, 0.15) is 0 Å². The number of hydrogen-bond donors (Lipinski definition) is 0. The van der Waals surface area contributed by atoms with E-state index >= 15 is 0 Å². The van der Waals surface area contributed by atoms with Crippen molar-refractivity contribution in [3.05, 3.63) is 182 Å². The zero-order valence-electron chi connectivity index (χ0n) is 26.2. The predicted octanol–water partition coefficient (Wildman–Crippen LogP) is 12.4. The topological polar surface area (TPSA) is 9.86 Å². The second-order valence-corrected chi connectivity index (χ2v) is 12.6. The van der Waals surface area contributed by atoms with Gasteiger partial charge in [-0.15, -0.1) is 0 Å². The van der Waals surface area contributed by atoms with Crippen LogP contribution in [0.2, 0.25) is 0 Å². The van der Waals surface area contributed by atoms with Crippen LogP contribution in [0, 0.1) is 0 Å². The summed E-state index contributed by atoms with van der Waals surface area (Å²) in [5.74, 6) is 0. The molecule has 0 atom stereocenters. The van der Waals surface area contributed by atoms with Gasteiger partial charge in [0.2, 0.25) is 0 Å². The summed E-state index contributed by atoms with van der Waals surface area (Å²) in [5.41, 5.74) is 12.1. The van der Waals surface area contributed by atoms with Gasteiger partial charge in [0, 0.05) is 32.9 Å². The molecule has 0 aliphatic carbocycles. The molecule has 2 nitrogen and oxygen atoms in total. The molecule has 224 valence electrons. The molecule has 0 fully saturated rings. The highest BCUT2D eigenvalue weighted by atomic mass is 15.0. The predicted molar refractivity (Wildman–Crippen MR) is 203 cm³/mol. The van der Waals surface area contributed by atoms with Crippen LogP contribution in [0.5, 0.6) is 0 Å². The highest BCUT2D eigenvalue weighted by molar-refractivity contribution is 6.26. The third kappa shape index (κ3) is 4.00. The van der Waals surface area contributed by atoms with E-state index in [4.69, 9.17) is 0 Å². The van der Waals surface area contributed by atoms with Crippen LogP contribution < -0.4 is 0 Å². The van der Waals surface area contributed by atoms with E-state index < -0.39 is 0 Å². The monoisotopic (exact) mass is 610 g/mol. The second kappa shape index (κ2) is 10.6. The molecule has 0 radical (unpaired) electrons. The number of aromatic nitrogens is 2. The minimum atomic E-state index is 1.15. The van der Waals surface area contributed by atoms with E-state index in [2.05, 4.69) is 191 Å². The summed E-state index contributed by atoms with van der Waals surface area (Å²) in [6.45, 7) is 0. The first-order valence-corrected chi connectivity index (χ1v) is 16.5. The molecule has 48 heavy (non-hydrogen) atoms. The quantitative estimate of drug-likeness (QED) is 0.188. The van der Waals surface area contributed by atoms with Gasteiger partial charge in [-0.2, -0.15) is 0 Å². The largest absolute Gasteiger partial charge is 0.309 e. The van der Waals surface area contributed by atoms with Crippen LogP contribution in [0.25, 0.3) is 88.0 Å². The van der Waals surface area contributed by atoms with Gasteiger partial charge >= 0.3 is 0 Å². The molecular formula is C46H30N2. The van der Waals surface area contributed by atoms with Crippen molar-refractivity contribution >= 4 is 54.4 Å². The first-order chi connectivity index (χ1) is 23.8. The Morgan fingerprint density at radius 1 is 0.312 bits per heavy atom. The van der Waals surface area contributed by atoms with Gasteiger partial charge in [0.05, 0.1) is 22.1 Å². The van der Waals surface area contributed by atoms with Crippen molar-refractivity contribution in [2.45, 2.75) is 0 Å². The Kier molecular flexibility index (Phi) is 5.91. The summed E-state index contributed by atoms with van der Waals surface area (Å²) in [4.78, 5) is 0. The summed E-state index contributed by atoms with van der Waals surface area (Å²) in [7, 11) is 0. The van der Waals surface area contributed by atoms with Crippen molar-refractivity contribution < 1.29 is 0 Å². The fourth-order valence-corrected chi connectivity index (χ4v) is 7.77. The molecule has 8 aromatic carbocycles. The fraction of sp³-hybridized carbons (Fsp3) is 0. The number of rotatable bonds is 4. The minimum absolute atomic E-state index is 1.15. The smallest absolute Gasteiger partial charge is 0.0641 e. The van der Waals surface area contributed by atoms with Gasteiger partial charge in [-0.05, 0) is 75.5 Å². The summed E-state index contributed by atoms with van der Waals surface area (Å²) >= 11 is 0. The Morgan fingerprint density at radius 3 is 1.65 bits per heavy atom. The molecule has 0 saturated heterocycles. The van der Waals surface area contributed by atoms with E-state index in [1.165, 1.54) is 76.6 Å². The Bertz CT molecular complexity index is 2800. The molecule has 0 unspecified atom stereocenters. The highest BCUT2D eigenvalue weighted by Gasteiger charge is 2.21. The number of nitrogens with zero attached hydrogens (tertiary/aromatic N) is 2. The average Bonchev–Trinajstić information content (AvgIpc) is 3.68. The van der Waals surface area contributed by atoms with Crippen LogP contribution >= 0.6 is 0 Å². The Hall–Kier alpha value is -6.38. The van der Waals surface area contributed by atoms with E-state index in [0.717, 1.165) is 11.4 Å². The van der Waals surface area contributed by atoms with Crippen molar-refractivity contribution in [1.29, 1.82) is 0 Å². The van der Waals surface area contributed by atoms with Crippen LogP contribution in [0.15, 0.2) is 182 Å². The molecule has 10 aromatic rings. The van der Waals surface area contributed by atoms with Gasteiger partial charge in [0.15, 0.2) is 0 Å². The Labute approximate surface area is 278 Å². The van der Waals surface area contributed by atoms with Gasteiger partial charge < -0.3 is 9.13 Å². The summed E-state index contributed by atoms with van der Waals surface area (Å²) in [6, 6.07) is 66.2. The van der Waals surface area contributed by atoms with Crippen molar-refractivity contribution in [3.63, 3.8) is 0 Å². The lowest BCUT2D eigenvalue weighted by atomic mass is 9.97. The molecule has 0 bridgehead atoms. The number of hydrogen-bond acceptors (Lipinski definition) is 0. The highest BCUT2D eigenvalue weighted by Crippen LogP contribution is 2.43. The van der Waals surface area contributed by atoms with Crippen molar-refractivity contribution in [2.24, 2.45) is 0 Å². The average molecular weight is 611 g/mol. The third-order valence-electron chi connectivity index (χ3n) is 9.89. The zero-order valence-corrected chi connectivity index (χ0v) is 26.2. The summed E-state index contributed by atoms with van der Waals surface area (Å²) in [5, 5.41) is 7.52. The standard InChI is InChI=1S/C46H30N2/c1-3-13-31(14-4-1)32-23-25-35(26-24-32)48-42-21-11-9-19-38(42)39-27-28-44-45(46(39)48)40-20-10-12-22-43(40)47(44)36-29-34-17-7-8-18-37(34)41(30-36)33-15-5-2-6-16-33/h1-30H. The first-order valence-electron chi connectivity index (χ1n) is 16.5. The van der Waals surface area contributed by atoms with E-state index in [0.29, 0.717) is 0 Å². The van der Waals surface area contributed by atoms with Crippen LogP contribution in [0.3, 0.4) is 0 Å². The normalized spacial score (nSPS) is 11.8. The van der Waals surface area contributed by atoms with Gasteiger partial charge in [0.1, 0.15) is 0 Å². The van der Waals surface area contributed by atoms with Gasteiger partial charge in [0.25, 0.3) is 0 Å². The minimum Gasteiger partial charge on any atom is -0.309 e. The maximum atomic E-state index is 2.47. The van der Waals surface area contributed by atoms with E-state index in [9.17, 15) is 0 Å².